The van der Waals surface area contributed by atoms with Crippen molar-refractivity contribution in [1.29, 1.82) is 0 Å². The summed E-state index contributed by atoms with van der Waals surface area (Å²) in [4.78, 5) is 15.0. The number of ether oxygens (including phenoxy) is 1. The minimum absolute atomic E-state index is 0.0115. The summed E-state index contributed by atoms with van der Waals surface area (Å²) in [6.07, 6.45) is 21.8. The highest BCUT2D eigenvalue weighted by Crippen LogP contribution is 2.24. The summed E-state index contributed by atoms with van der Waals surface area (Å²) in [5.74, 6) is -0.0115. The molecule has 0 aliphatic carbocycles. The van der Waals surface area contributed by atoms with E-state index < -0.39 is 37.2 Å². The molecule has 1 rings (SSSR count). The summed E-state index contributed by atoms with van der Waals surface area (Å²) < 4.78 is 5.88. The number of rotatable bonds is 25. The fourth-order valence-electron chi connectivity index (χ4n) is 5.65. The zero-order valence-electron chi connectivity index (χ0n) is 25.5. The van der Waals surface area contributed by atoms with E-state index in [0.29, 0.717) is 13.0 Å². The fourth-order valence-corrected chi connectivity index (χ4v) is 5.65. The number of unbranched alkanes of at least 4 members (excludes halogenated alkanes) is 19. The smallest absolute Gasteiger partial charge is 0.224 e. The van der Waals surface area contributed by atoms with Gasteiger partial charge in [-0.05, 0) is 12.8 Å². The molecule has 0 aromatic carbocycles. The SMILES string of the molecule is CCCCCCCCCCCCCC(=O)N(CCCCCCCCCCCC)[C@@H]1O[C@H](CO)[C@H](O)[C@H](O)[C@H]1N. The summed E-state index contributed by atoms with van der Waals surface area (Å²) >= 11 is 0. The second kappa shape index (κ2) is 23.9. The minimum Gasteiger partial charge on any atom is -0.394 e. The third-order valence-electron chi connectivity index (χ3n) is 8.32. The van der Waals surface area contributed by atoms with Crippen LogP contribution in [0.1, 0.15) is 155 Å². The monoisotopic (exact) mass is 556 g/mol. The zero-order valence-corrected chi connectivity index (χ0v) is 25.5. The Hall–Kier alpha value is -0.730. The highest BCUT2D eigenvalue weighted by molar-refractivity contribution is 5.76. The van der Waals surface area contributed by atoms with Crippen LogP contribution in [0.2, 0.25) is 0 Å². The Kier molecular flexibility index (Phi) is 22.3. The van der Waals surface area contributed by atoms with Crippen molar-refractivity contribution in [3.8, 4) is 0 Å². The van der Waals surface area contributed by atoms with Gasteiger partial charge in [-0.3, -0.25) is 4.79 Å². The lowest BCUT2D eigenvalue weighted by Gasteiger charge is -2.45. The molecule has 1 aliphatic rings. The van der Waals surface area contributed by atoms with Crippen LogP contribution >= 0.6 is 0 Å². The number of hydrogen-bond acceptors (Lipinski definition) is 6. The Bertz CT molecular complexity index is 577. The van der Waals surface area contributed by atoms with E-state index in [-0.39, 0.29) is 5.91 Å². The van der Waals surface area contributed by atoms with Gasteiger partial charge in [0.1, 0.15) is 18.3 Å². The third-order valence-corrected chi connectivity index (χ3v) is 8.32. The number of nitrogens with two attached hydrogens (primary N) is 1. The van der Waals surface area contributed by atoms with E-state index in [1.54, 1.807) is 4.90 Å². The van der Waals surface area contributed by atoms with Gasteiger partial charge in [-0.15, -0.1) is 0 Å². The molecule has 0 saturated carbocycles. The number of carbonyl (C=O) groups excluding carboxylic acids is 1. The van der Waals surface area contributed by atoms with E-state index in [9.17, 15) is 20.1 Å². The maximum absolute atomic E-state index is 13.3. The van der Waals surface area contributed by atoms with E-state index in [1.807, 2.05) is 0 Å². The topological polar surface area (TPSA) is 116 Å². The molecule has 5 atom stereocenters. The van der Waals surface area contributed by atoms with Gasteiger partial charge in [0.2, 0.25) is 5.91 Å². The Balaban J connectivity index is 2.44. The molecule has 39 heavy (non-hydrogen) atoms. The van der Waals surface area contributed by atoms with Gasteiger partial charge in [0, 0.05) is 13.0 Å². The Morgan fingerprint density at radius 3 is 1.51 bits per heavy atom. The van der Waals surface area contributed by atoms with Crippen LogP contribution in [-0.2, 0) is 9.53 Å². The molecule has 7 heteroatoms. The maximum atomic E-state index is 13.3. The van der Waals surface area contributed by atoms with E-state index in [2.05, 4.69) is 13.8 Å². The van der Waals surface area contributed by atoms with E-state index in [4.69, 9.17) is 10.5 Å². The van der Waals surface area contributed by atoms with Crippen LogP contribution in [0.25, 0.3) is 0 Å². The van der Waals surface area contributed by atoms with Gasteiger partial charge in [-0.1, -0.05) is 136 Å². The predicted molar refractivity (Wildman–Crippen MR) is 160 cm³/mol. The second-order valence-corrected chi connectivity index (χ2v) is 11.9. The van der Waals surface area contributed by atoms with Crippen LogP contribution in [0.15, 0.2) is 0 Å². The van der Waals surface area contributed by atoms with Gasteiger partial charge in [0.25, 0.3) is 0 Å². The lowest BCUT2D eigenvalue weighted by molar-refractivity contribution is -0.226. The summed E-state index contributed by atoms with van der Waals surface area (Å²) in [5.41, 5.74) is 6.24. The molecule has 0 spiro atoms. The largest absolute Gasteiger partial charge is 0.394 e. The molecule has 1 heterocycles. The Labute approximate surface area is 240 Å². The molecule has 7 nitrogen and oxygen atoms in total. The lowest BCUT2D eigenvalue weighted by atomic mass is 9.95. The van der Waals surface area contributed by atoms with Gasteiger partial charge in [0.15, 0.2) is 6.23 Å². The predicted octanol–water partition coefficient (Wildman–Crippen LogP) is 6.20. The molecule has 1 aliphatic heterocycles. The fraction of sp³-hybridized carbons (Fsp3) is 0.969. The van der Waals surface area contributed by atoms with Crippen molar-refractivity contribution in [2.24, 2.45) is 5.73 Å². The summed E-state index contributed by atoms with van der Waals surface area (Å²) in [6.45, 7) is 4.58. The molecular weight excluding hydrogens is 492 g/mol. The minimum atomic E-state index is -1.26. The molecule has 1 saturated heterocycles. The van der Waals surface area contributed by atoms with Gasteiger partial charge in [-0.25, -0.2) is 0 Å². The van der Waals surface area contributed by atoms with Gasteiger partial charge in [-0.2, -0.15) is 0 Å². The van der Waals surface area contributed by atoms with Crippen molar-refractivity contribution >= 4 is 5.91 Å². The third kappa shape index (κ3) is 15.7. The van der Waals surface area contributed by atoms with Crippen LogP contribution < -0.4 is 5.73 Å². The molecule has 232 valence electrons. The average molecular weight is 557 g/mol. The molecule has 0 bridgehead atoms. The molecule has 1 fully saturated rings. The summed E-state index contributed by atoms with van der Waals surface area (Å²) in [7, 11) is 0. The molecular formula is C32H64N2O5. The zero-order chi connectivity index (χ0) is 28.7. The number of aliphatic hydroxyl groups excluding tert-OH is 3. The summed E-state index contributed by atoms with van der Waals surface area (Å²) in [6, 6.07) is -0.910. The average Bonchev–Trinajstić information content (AvgIpc) is 2.94. The summed E-state index contributed by atoms with van der Waals surface area (Å²) in [5, 5.41) is 30.3. The van der Waals surface area contributed by atoms with Crippen LogP contribution in [0, 0.1) is 0 Å². The molecule has 0 unspecified atom stereocenters. The lowest BCUT2D eigenvalue weighted by Crippen LogP contribution is -2.67. The number of carbonyl (C=O) groups is 1. The highest BCUT2D eigenvalue weighted by Gasteiger charge is 2.45. The van der Waals surface area contributed by atoms with Crippen LogP contribution in [0.3, 0.4) is 0 Å². The Morgan fingerprint density at radius 1 is 0.667 bits per heavy atom. The van der Waals surface area contributed by atoms with Crippen molar-refractivity contribution in [2.75, 3.05) is 13.2 Å². The van der Waals surface area contributed by atoms with E-state index in [1.165, 1.54) is 96.3 Å². The highest BCUT2D eigenvalue weighted by atomic mass is 16.5. The van der Waals surface area contributed by atoms with Gasteiger partial charge < -0.3 is 30.7 Å². The number of hydrogen-bond donors (Lipinski definition) is 4. The van der Waals surface area contributed by atoms with Crippen molar-refractivity contribution in [1.82, 2.24) is 4.90 Å². The van der Waals surface area contributed by atoms with E-state index >= 15 is 0 Å². The van der Waals surface area contributed by atoms with Crippen LogP contribution in [-0.4, -0.2) is 69.9 Å². The molecule has 0 aromatic heterocycles. The molecule has 0 aromatic rings. The van der Waals surface area contributed by atoms with Crippen LogP contribution in [0.4, 0.5) is 0 Å². The van der Waals surface area contributed by atoms with Gasteiger partial charge >= 0.3 is 0 Å². The van der Waals surface area contributed by atoms with Crippen molar-refractivity contribution < 1.29 is 24.9 Å². The number of amides is 1. The maximum Gasteiger partial charge on any atom is 0.224 e. The number of nitrogens with zero attached hydrogens (tertiary/aromatic N) is 1. The standard InChI is InChI=1S/C32H64N2O5/c1-3-5-7-9-11-13-15-16-18-20-22-24-28(36)34(25-23-21-19-17-14-12-10-8-6-4-2)32-29(33)31(38)30(37)27(26-35)39-32/h27,29-32,35,37-38H,3-26,33H2,1-2H3/t27-,29-,30+,31-,32-/m1/s1. The first-order chi connectivity index (χ1) is 19.0. The normalized spacial score (nSPS) is 23.3. The quantitative estimate of drug-likeness (QED) is 0.0995. The first-order valence-electron chi connectivity index (χ1n) is 16.6. The van der Waals surface area contributed by atoms with Crippen LogP contribution in [0.5, 0.6) is 0 Å². The molecule has 5 N–H and O–H groups in total. The first-order valence-corrected chi connectivity index (χ1v) is 16.6. The molecule has 1 amide bonds. The number of aliphatic hydroxyl groups is 3. The van der Waals surface area contributed by atoms with E-state index in [0.717, 1.165) is 38.5 Å². The van der Waals surface area contributed by atoms with Crippen molar-refractivity contribution in [3.05, 3.63) is 0 Å². The second-order valence-electron chi connectivity index (χ2n) is 11.9. The van der Waals surface area contributed by atoms with Gasteiger partial charge in [0.05, 0.1) is 12.6 Å². The Morgan fingerprint density at radius 2 is 1.08 bits per heavy atom. The van der Waals surface area contributed by atoms with Crippen molar-refractivity contribution in [3.63, 3.8) is 0 Å². The molecule has 0 radical (unpaired) electrons. The van der Waals surface area contributed by atoms with Crippen molar-refractivity contribution in [2.45, 2.75) is 186 Å². The first kappa shape index (κ1) is 36.3.